The molecule has 1 saturated carbocycles. The molecule has 106 valence electrons. The molecule has 0 aromatic heterocycles. The van der Waals surface area contributed by atoms with Crippen LogP contribution in [-0.4, -0.2) is 24.3 Å². The molecule has 0 saturated heterocycles. The molecule has 1 aliphatic rings. The molecule has 3 N–H and O–H groups in total. The molecule has 0 radical (unpaired) electrons. The fourth-order valence-electron chi connectivity index (χ4n) is 2.61. The van der Waals surface area contributed by atoms with Gasteiger partial charge in [0.2, 0.25) is 0 Å². The number of benzene rings is 1. The Morgan fingerprint density at radius 1 is 1.32 bits per heavy atom. The quantitative estimate of drug-likeness (QED) is 0.794. The first kappa shape index (κ1) is 14.4. The van der Waals surface area contributed by atoms with Gasteiger partial charge in [-0.05, 0) is 49.8 Å². The SMILES string of the molecule is CC[C@@H](N)c1ccc(N(CCCO)C2CCC2)cc1. The third-order valence-electron chi connectivity index (χ3n) is 4.17. The van der Waals surface area contributed by atoms with Gasteiger partial charge in [-0.15, -0.1) is 0 Å². The second kappa shape index (κ2) is 6.92. The van der Waals surface area contributed by atoms with Crippen molar-refractivity contribution in [3.8, 4) is 0 Å². The molecular weight excluding hydrogens is 236 g/mol. The molecular formula is C16H26N2O. The van der Waals surface area contributed by atoms with Crippen LogP contribution in [-0.2, 0) is 0 Å². The van der Waals surface area contributed by atoms with Crippen LogP contribution in [0.15, 0.2) is 24.3 Å². The number of nitrogens with two attached hydrogens (primary N) is 1. The van der Waals surface area contributed by atoms with E-state index >= 15 is 0 Å². The van der Waals surface area contributed by atoms with Crippen molar-refractivity contribution in [2.24, 2.45) is 5.73 Å². The summed E-state index contributed by atoms with van der Waals surface area (Å²) in [4.78, 5) is 2.45. The molecule has 0 unspecified atom stereocenters. The lowest BCUT2D eigenvalue weighted by molar-refractivity contribution is 0.283. The summed E-state index contributed by atoms with van der Waals surface area (Å²) in [5.41, 5.74) is 8.53. The topological polar surface area (TPSA) is 49.5 Å². The van der Waals surface area contributed by atoms with E-state index in [0.29, 0.717) is 6.04 Å². The third kappa shape index (κ3) is 3.48. The van der Waals surface area contributed by atoms with E-state index in [1.807, 2.05) is 0 Å². The van der Waals surface area contributed by atoms with E-state index in [1.165, 1.54) is 30.5 Å². The lowest BCUT2D eigenvalue weighted by Crippen LogP contribution is -2.41. The van der Waals surface area contributed by atoms with Gasteiger partial charge >= 0.3 is 0 Å². The van der Waals surface area contributed by atoms with Gasteiger partial charge in [0.25, 0.3) is 0 Å². The predicted octanol–water partition coefficient (Wildman–Crippen LogP) is 2.84. The summed E-state index contributed by atoms with van der Waals surface area (Å²) in [5, 5.41) is 9.04. The van der Waals surface area contributed by atoms with Crippen molar-refractivity contribution in [2.45, 2.75) is 51.1 Å². The van der Waals surface area contributed by atoms with E-state index in [-0.39, 0.29) is 12.6 Å². The fourth-order valence-corrected chi connectivity index (χ4v) is 2.61. The van der Waals surface area contributed by atoms with Gasteiger partial charge in [0.15, 0.2) is 0 Å². The lowest BCUT2D eigenvalue weighted by atomic mass is 9.90. The zero-order chi connectivity index (χ0) is 13.7. The monoisotopic (exact) mass is 262 g/mol. The number of aliphatic hydroxyl groups excluding tert-OH is 1. The van der Waals surface area contributed by atoms with Gasteiger partial charge in [-0.25, -0.2) is 0 Å². The Kier molecular flexibility index (Phi) is 5.23. The summed E-state index contributed by atoms with van der Waals surface area (Å²) in [6.45, 7) is 3.32. The number of anilines is 1. The van der Waals surface area contributed by atoms with Gasteiger partial charge in [-0.1, -0.05) is 19.1 Å². The van der Waals surface area contributed by atoms with E-state index in [2.05, 4.69) is 36.1 Å². The molecule has 0 amide bonds. The zero-order valence-corrected chi connectivity index (χ0v) is 11.9. The summed E-state index contributed by atoms with van der Waals surface area (Å²) < 4.78 is 0. The molecule has 1 atom stereocenters. The minimum atomic E-state index is 0.142. The Bertz CT molecular complexity index is 373. The van der Waals surface area contributed by atoms with Crippen LogP contribution >= 0.6 is 0 Å². The number of rotatable bonds is 7. The maximum absolute atomic E-state index is 9.04. The van der Waals surface area contributed by atoms with Gasteiger partial charge in [0, 0.05) is 30.9 Å². The van der Waals surface area contributed by atoms with Gasteiger partial charge in [-0.2, -0.15) is 0 Å². The highest BCUT2D eigenvalue weighted by atomic mass is 16.3. The number of hydrogen-bond donors (Lipinski definition) is 2. The number of aliphatic hydroxyl groups is 1. The Labute approximate surface area is 116 Å². The molecule has 0 spiro atoms. The zero-order valence-electron chi connectivity index (χ0n) is 11.9. The Balaban J connectivity index is 2.07. The van der Waals surface area contributed by atoms with Crippen LogP contribution < -0.4 is 10.6 Å². The van der Waals surface area contributed by atoms with E-state index in [1.54, 1.807) is 0 Å². The van der Waals surface area contributed by atoms with Crippen molar-refractivity contribution in [1.29, 1.82) is 0 Å². The van der Waals surface area contributed by atoms with Gasteiger partial charge in [0.05, 0.1) is 0 Å². The molecule has 0 bridgehead atoms. The van der Waals surface area contributed by atoms with E-state index < -0.39 is 0 Å². The van der Waals surface area contributed by atoms with Crippen molar-refractivity contribution in [1.82, 2.24) is 0 Å². The average Bonchev–Trinajstić information content (AvgIpc) is 2.40. The second-order valence-corrected chi connectivity index (χ2v) is 5.46. The smallest absolute Gasteiger partial charge is 0.0447 e. The van der Waals surface area contributed by atoms with Crippen LogP contribution in [0.25, 0.3) is 0 Å². The molecule has 3 heteroatoms. The highest BCUT2D eigenvalue weighted by molar-refractivity contribution is 5.49. The molecule has 1 fully saturated rings. The van der Waals surface area contributed by atoms with Gasteiger partial charge in [0.1, 0.15) is 0 Å². The maximum atomic E-state index is 9.04. The van der Waals surface area contributed by atoms with Crippen LogP contribution in [0.5, 0.6) is 0 Å². The highest BCUT2D eigenvalue weighted by Gasteiger charge is 2.24. The van der Waals surface area contributed by atoms with Crippen molar-refractivity contribution in [3.05, 3.63) is 29.8 Å². The minimum Gasteiger partial charge on any atom is -0.396 e. The summed E-state index contributed by atoms with van der Waals surface area (Å²) in [6, 6.07) is 9.46. The molecule has 1 aromatic carbocycles. The summed E-state index contributed by atoms with van der Waals surface area (Å²) in [7, 11) is 0. The first-order valence-electron chi connectivity index (χ1n) is 7.49. The Morgan fingerprint density at radius 2 is 2.00 bits per heavy atom. The summed E-state index contributed by atoms with van der Waals surface area (Å²) >= 11 is 0. The van der Waals surface area contributed by atoms with E-state index in [0.717, 1.165) is 19.4 Å². The standard InChI is InChI=1S/C16H26N2O/c1-2-16(17)13-7-9-15(10-8-13)18(11-4-12-19)14-5-3-6-14/h7-10,14,16,19H,2-6,11-12,17H2,1H3/t16-/m1/s1. The van der Waals surface area contributed by atoms with Crippen molar-refractivity contribution < 1.29 is 5.11 Å². The minimum absolute atomic E-state index is 0.142. The summed E-state index contributed by atoms with van der Waals surface area (Å²) in [5.74, 6) is 0. The van der Waals surface area contributed by atoms with Crippen molar-refractivity contribution in [2.75, 3.05) is 18.1 Å². The molecule has 2 rings (SSSR count). The molecule has 1 aromatic rings. The van der Waals surface area contributed by atoms with Crippen LogP contribution in [0.1, 0.15) is 50.6 Å². The Morgan fingerprint density at radius 3 is 2.47 bits per heavy atom. The van der Waals surface area contributed by atoms with Gasteiger partial charge in [-0.3, -0.25) is 0 Å². The molecule has 3 nitrogen and oxygen atoms in total. The number of hydrogen-bond acceptors (Lipinski definition) is 3. The fraction of sp³-hybridized carbons (Fsp3) is 0.625. The molecule has 0 heterocycles. The lowest BCUT2D eigenvalue weighted by Gasteiger charge is -2.39. The van der Waals surface area contributed by atoms with Crippen LogP contribution in [0.3, 0.4) is 0 Å². The van der Waals surface area contributed by atoms with Crippen LogP contribution in [0.2, 0.25) is 0 Å². The first-order chi connectivity index (χ1) is 9.26. The summed E-state index contributed by atoms with van der Waals surface area (Å²) in [6.07, 6.45) is 5.70. The molecule has 1 aliphatic carbocycles. The number of nitrogens with zero attached hydrogens (tertiary/aromatic N) is 1. The largest absolute Gasteiger partial charge is 0.396 e. The normalized spacial score (nSPS) is 17.0. The second-order valence-electron chi connectivity index (χ2n) is 5.46. The Hall–Kier alpha value is -1.06. The maximum Gasteiger partial charge on any atom is 0.0447 e. The first-order valence-corrected chi connectivity index (χ1v) is 7.49. The molecule has 19 heavy (non-hydrogen) atoms. The highest BCUT2D eigenvalue weighted by Crippen LogP contribution is 2.30. The van der Waals surface area contributed by atoms with Crippen molar-refractivity contribution >= 4 is 5.69 Å². The van der Waals surface area contributed by atoms with Gasteiger partial charge < -0.3 is 15.7 Å². The van der Waals surface area contributed by atoms with E-state index in [4.69, 9.17) is 10.8 Å². The molecule has 0 aliphatic heterocycles. The average molecular weight is 262 g/mol. The van der Waals surface area contributed by atoms with Crippen LogP contribution in [0, 0.1) is 0 Å². The van der Waals surface area contributed by atoms with Crippen LogP contribution in [0.4, 0.5) is 5.69 Å². The third-order valence-corrected chi connectivity index (χ3v) is 4.17. The van der Waals surface area contributed by atoms with E-state index in [9.17, 15) is 0 Å². The van der Waals surface area contributed by atoms with Crippen molar-refractivity contribution in [3.63, 3.8) is 0 Å². The predicted molar refractivity (Wildman–Crippen MR) is 80.3 cm³/mol.